The predicted octanol–water partition coefficient (Wildman–Crippen LogP) is 3.40. The lowest BCUT2D eigenvalue weighted by Gasteiger charge is -2.15. The van der Waals surface area contributed by atoms with Gasteiger partial charge in [0, 0.05) is 42.0 Å². The summed E-state index contributed by atoms with van der Waals surface area (Å²) in [6.45, 7) is 0. The fourth-order valence-corrected chi connectivity index (χ4v) is 2.30. The molecule has 0 saturated heterocycles. The molecule has 0 spiro atoms. The molecule has 94 valence electrons. The highest BCUT2D eigenvalue weighted by Gasteiger charge is 2.11. The molecule has 1 aliphatic rings. The summed E-state index contributed by atoms with van der Waals surface area (Å²) in [6.07, 6.45) is 10.5. The van der Waals surface area contributed by atoms with Crippen molar-refractivity contribution in [3.05, 3.63) is 60.6 Å². The monoisotopic (exact) mass is 249 g/mol. The van der Waals surface area contributed by atoms with Gasteiger partial charge in [-0.05, 0) is 35.7 Å². The smallest absolute Gasteiger partial charge is 0.0346 e. The minimum Gasteiger partial charge on any atom is -0.399 e. The number of anilines is 1. The molecular weight excluding hydrogens is 234 g/mol. The maximum absolute atomic E-state index is 6.02. The fraction of sp³-hybridized carbons (Fsp3) is 0.125. The van der Waals surface area contributed by atoms with Gasteiger partial charge in [-0.15, -0.1) is 0 Å². The largest absolute Gasteiger partial charge is 0.399 e. The Hall–Kier alpha value is -2.42. The Morgan fingerprint density at radius 2 is 2.11 bits per heavy atom. The number of aliphatic imine (C=N–C) groups is 1. The minimum absolute atomic E-state index is 0.309. The van der Waals surface area contributed by atoms with Crippen LogP contribution in [0.3, 0.4) is 0 Å². The highest BCUT2D eigenvalue weighted by molar-refractivity contribution is 5.74. The number of pyridine rings is 1. The summed E-state index contributed by atoms with van der Waals surface area (Å²) in [5.74, 6) is 0.309. The molecule has 1 aliphatic heterocycles. The van der Waals surface area contributed by atoms with E-state index in [9.17, 15) is 0 Å². The number of hydrogen-bond donors (Lipinski definition) is 1. The molecule has 0 saturated carbocycles. The van der Waals surface area contributed by atoms with Gasteiger partial charge in [-0.2, -0.15) is 0 Å². The SMILES string of the molecule is Nc1cc(-c2cccnc2)cc(C2C=NC=CC2)c1. The molecule has 1 aromatic carbocycles. The lowest BCUT2D eigenvalue weighted by molar-refractivity contribution is 0.910. The third-order valence-corrected chi connectivity index (χ3v) is 3.25. The van der Waals surface area contributed by atoms with Crippen molar-refractivity contribution in [1.29, 1.82) is 0 Å². The fourth-order valence-electron chi connectivity index (χ4n) is 2.30. The summed E-state index contributed by atoms with van der Waals surface area (Å²) in [5.41, 5.74) is 10.2. The first-order valence-electron chi connectivity index (χ1n) is 6.32. The van der Waals surface area contributed by atoms with Crippen molar-refractivity contribution < 1.29 is 0 Å². The van der Waals surface area contributed by atoms with Crippen molar-refractivity contribution in [3.63, 3.8) is 0 Å². The second kappa shape index (κ2) is 5.06. The van der Waals surface area contributed by atoms with Crippen LogP contribution in [-0.2, 0) is 0 Å². The first kappa shape index (κ1) is 11.7. The Labute approximate surface area is 112 Å². The third kappa shape index (κ3) is 2.55. The molecule has 2 heterocycles. The summed E-state index contributed by atoms with van der Waals surface area (Å²) < 4.78 is 0. The van der Waals surface area contributed by atoms with Crippen LogP contribution in [0.5, 0.6) is 0 Å². The highest BCUT2D eigenvalue weighted by Crippen LogP contribution is 2.28. The molecule has 2 N–H and O–H groups in total. The van der Waals surface area contributed by atoms with Gasteiger partial charge in [0.2, 0.25) is 0 Å². The summed E-state index contributed by atoms with van der Waals surface area (Å²) >= 11 is 0. The summed E-state index contributed by atoms with van der Waals surface area (Å²) in [6, 6.07) is 10.2. The van der Waals surface area contributed by atoms with Crippen LogP contribution in [0.1, 0.15) is 17.9 Å². The van der Waals surface area contributed by atoms with E-state index in [-0.39, 0.29) is 0 Å². The van der Waals surface area contributed by atoms with E-state index >= 15 is 0 Å². The standard InChI is InChI=1S/C16H15N3/c17-16-8-14(12-3-1-5-18-10-12)7-15(9-16)13-4-2-6-19-11-13/h1-3,5-11,13H,4,17H2. The van der Waals surface area contributed by atoms with Crippen molar-refractivity contribution in [2.75, 3.05) is 5.73 Å². The van der Waals surface area contributed by atoms with Gasteiger partial charge in [0.05, 0.1) is 0 Å². The molecule has 0 bridgehead atoms. The van der Waals surface area contributed by atoms with Crippen molar-refractivity contribution in [1.82, 2.24) is 4.98 Å². The van der Waals surface area contributed by atoms with Gasteiger partial charge in [0.25, 0.3) is 0 Å². The lowest BCUT2D eigenvalue weighted by Crippen LogP contribution is -2.03. The van der Waals surface area contributed by atoms with Crippen molar-refractivity contribution in [2.45, 2.75) is 12.3 Å². The van der Waals surface area contributed by atoms with Crippen molar-refractivity contribution in [2.24, 2.45) is 4.99 Å². The lowest BCUT2D eigenvalue weighted by atomic mass is 9.92. The van der Waals surface area contributed by atoms with E-state index in [2.05, 4.69) is 22.1 Å². The van der Waals surface area contributed by atoms with Gasteiger partial charge in [-0.1, -0.05) is 18.2 Å². The van der Waals surface area contributed by atoms with Crippen LogP contribution in [-0.4, -0.2) is 11.2 Å². The van der Waals surface area contributed by atoms with Crippen LogP contribution in [0.15, 0.2) is 60.0 Å². The highest BCUT2D eigenvalue weighted by atomic mass is 14.7. The van der Waals surface area contributed by atoms with Crippen LogP contribution in [0.2, 0.25) is 0 Å². The van der Waals surface area contributed by atoms with E-state index in [1.165, 1.54) is 5.56 Å². The zero-order chi connectivity index (χ0) is 13.1. The summed E-state index contributed by atoms with van der Waals surface area (Å²) in [4.78, 5) is 8.36. The number of rotatable bonds is 2. The molecule has 3 nitrogen and oxygen atoms in total. The van der Waals surface area contributed by atoms with Crippen molar-refractivity contribution >= 4 is 11.9 Å². The molecule has 0 aliphatic carbocycles. The Bertz CT molecular complexity index is 630. The Kier molecular flexibility index (Phi) is 3.11. The van der Waals surface area contributed by atoms with Crippen LogP contribution < -0.4 is 5.73 Å². The van der Waals surface area contributed by atoms with Crippen LogP contribution in [0.4, 0.5) is 5.69 Å². The number of benzene rings is 1. The topological polar surface area (TPSA) is 51.3 Å². The first-order valence-corrected chi connectivity index (χ1v) is 6.32. The Morgan fingerprint density at radius 1 is 1.16 bits per heavy atom. The quantitative estimate of drug-likeness (QED) is 0.829. The number of allylic oxidation sites excluding steroid dienone is 1. The van der Waals surface area contributed by atoms with Gasteiger partial charge >= 0.3 is 0 Å². The zero-order valence-electron chi connectivity index (χ0n) is 10.5. The Morgan fingerprint density at radius 3 is 2.84 bits per heavy atom. The second-order valence-corrected chi connectivity index (χ2v) is 4.66. The zero-order valence-corrected chi connectivity index (χ0v) is 10.5. The maximum atomic E-state index is 6.02. The van der Waals surface area contributed by atoms with Crippen LogP contribution >= 0.6 is 0 Å². The maximum Gasteiger partial charge on any atom is 0.0346 e. The molecule has 0 amide bonds. The number of nitrogens with zero attached hydrogens (tertiary/aromatic N) is 2. The van der Waals surface area contributed by atoms with Crippen molar-refractivity contribution in [3.8, 4) is 11.1 Å². The van der Waals surface area contributed by atoms with E-state index in [4.69, 9.17) is 5.73 Å². The summed E-state index contributed by atoms with van der Waals surface area (Å²) in [7, 11) is 0. The molecule has 19 heavy (non-hydrogen) atoms. The molecule has 0 radical (unpaired) electrons. The number of nitrogens with two attached hydrogens (primary N) is 1. The minimum atomic E-state index is 0.309. The van der Waals surface area contributed by atoms with Crippen LogP contribution in [0, 0.1) is 0 Å². The Balaban J connectivity index is 2.01. The molecule has 0 fully saturated rings. The number of nitrogen functional groups attached to an aromatic ring is 1. The summed E-state index contributed by atoms with van der Waals surface area (Å²) in [5, 5.41) is 0. The molecule has 2 aromatic rings. The molecule has 1 aromatic heterocycles. The van der Waals surface area contributed by atoms with Gasteiger partial charge in [0.1, 0.15) is 0 Å². The van der Waals surface area contributed by atoms with Gasteiger partial charge in [0.15, 0.2) is 0 Å². The number of aromatic nitrogens is 1. The number of hydrogen-bond acceptors (Lipinski definition) is 3. The average molecular weight is 249 g/mol. The van der Waals surface area contributed by atoms with Gasteiger partial charge < -0.3 is 5.73 Å². The predicted molar refractivity (Wildman–Crippen MR) is 79.1 cm³/mol. The molecule has 3 heteroatoms. The van der Waals surface area contributed by atoms with Crippen LogP contribution in [0.25, 0.3) is 11.1 Å². The van der Waals surface area contributed by atoms with E-state index in [0.717, 1.165) is 23.2 Å². The second-order valence-electron chi connectivity index (χ2n) is 4.66. The molecule has 1 atom stereocenters. The van der Waals surface area contributed by atoms with Gasteiger partial charge in [-0.25, -0.2) is 0 Å². The van der Waals surface area contributed by atoms with E-state index in [1.807, 2.05) is 42.9 Å². The average Bonchev–Trinajstić information content (AvgIpc) is 2.48. The molecule has 1 unspecified atom stereocenters. The van der Waals surface area contributed by atoms with Gasteiger partial charge in [-0.3, -0.25) is 9.98 Å². The molecule has 3 rings (SSSR count). The molecular formula is C16H15N3. The normalized spacial score (nSPS) is 17.6. The van der Waals surface area contributed by atoms with E-state index in [0.29, 0.717) is 5.92 Å². The first-order chi connectivity index (χ1) is 9.33. The third-order valence-electron chi connectivity index (χ3n) is 3.25. The van der Waals surface area contributed by atoms with E-state index in [1.54, 1.807) is 6.20 Å². The van der Waals surface area contributed by atoms with E-state index < -0.39 is 0 Å².